The summed E-state index contributed by atoms with van der Waals surface area (Å²) in [5.74, 6) is -0.0229. The van der Waals surface area contributed by atoms with Crippen molar-refractivity contribution < 1.29 is 9.53 Å². The molecule has 1 aromatic carbocycles. The van der Waals surface area contributed by atoms with E-state index in [1.54, 1.807) is 19.2 Å². The summed E-state index contributed by atoms with van der Waals surface area (Å²) in [6.07, 6.45) is 0.426. The summed E-state index contributed by atoms with van der Waals surface area (Å²) in [7, 11) is 1.65. The number of anilines is 1. The molecule has 5 heteroatoms. The van der Waals surface area contributed by atoms with Crippen molar-refractivity contribution >= 4 is 23.2 Å². The molecule has 0 atom stereocenters. The fourth-order valence-corrected chi connectivity index (χ4v) is 1.61. The van der Waals surface area contributed by atoms with Gasteiger partial charge in [-0.3, -0.25) is 4.79 Å². The van der Waals surface area contributed by atoms with E-state index in [-0.39, 0.29) is 5.91 Å². The van der Waals surface area contributed by atoms with Gasteiger partial charge in [-0.1, -0.05) is 17.7 Å². The molecule has 0 aromatic heterocycles. The number of hydrogen-bond donors (Lipinski definition) is 2. The van der Waals surface area contributed by atoms with Crippen molar-refractivity contribution in [3.05, 3.63) is 28.8 Å². The average Bonchev–Trinajstić information content (AvgIpc) is 2.33. The molecule has 0 heterocycles. The average molecular weight is 271 g/mol. The molecule has 4 nitrogen and oxygen atoms in total. The van der Waals surface area contributed by atoms with Crippen LogP contribution in [0.1, 0.15) is 12.0 Å². The van der Waals surface area contributed by atoms with Gasteiger partial charge in [-0.15, -0.1) is 0 Å². The summed E-state index contributed by atoms with van der Waals surface area (Å²) in [6, 6.07) is 5.45. The van der Waals surface area contributed by atoms with E-state index in [4.69, 9.17) is 16.3 Å². The Morgan fingerprint density at radius 2 is 2.17 bits per heavy atom. The standard InChI is InChI=1S/C13H19ClN2O2/c1-10-3-4-11(14)9-12(10)16-13(17)5-6-15-7-8-18-2/h3-4,9,15H,5-8H2,1-2H3,(H,16,17). The van der Waals surface area contributed by atoms with Crippen LogP contribution in [0.25, 0.3) is 0 Å². The number of carbonyl (C=O) groups excluding carboxylic acids is 1. The zero-order chi connectivity index (χ0) is 13.4. The summed E-state index contributed by atoms with van der Waals surface area (Å²) >= 11 is 5.88. The van der Waals surface area contributed by atoms with Gasteiger partial charge in [0, 0.05) is 37.3 Å². The molecule has 0 saturated heterocycles. The summed E-state index contributed by atoms with van der Waals surface area (Å²) < 4.78 is 4.90. The molecule has 0 aliphatic heterocycles. The van der Waals surface area contributed by atoms with Crippen molar-refractivity contribution in [2.45, 2.75) is 13.3 Å². The third kappa shape index (κ3) is 5.49. The minimum absolute atomic E-state index is 0.0229. The fourth-order valence-electron chi connectivity index (χ4n) is 1.44. The highest BCUT2D eigenvalue weighted by Gasteiger charge is 2.04. The number of halogens is 1. The quantitative estimate of drug-likeness (QED) is 0.747. The van der Waals surface area contributed by atoms with Crippen LogP contribution in [0.3, 0.4) is 0 Å². The van der Waals surface area contributed by atoms with Gasteiger partial charge in [0.1, 0.15) is 0 Å². The summed E-state index contributed by atoms with van der Waals surface area (Å²) in [5, 5.41) is 6.58. The second kappa shape index (κ2) is 8.08. The minimum Gasteiger partial charge on any atom is -0.383 e. The molecule has 0 bridgehead atoms. The zero-order valence-corrected chi connectivity index (χ0v) is 11.5. The van der Waals surface area contributed by atoms with Crippen LogP contribution in [0.2, 0.25) is 5.02 Å². The van der Waals surface area contributed by atoms with E-state index in [1.165, 1.54) is 0 Å². The van der Waals surface area contributed by atoms with Crippen molar-refractivity contribution in [2.75, 3.05) is 32.1 Å². The number of carbonyl (C=O) groups is 1. The van der Waals surface area contributed by atoms with Gasteiger partial charge in [-0.25, -0.2) is 0 Å². The smallest absolute Gasteiger partial charge is 0.225 e. The molecule has 1 amide bonds. The van der Waals surface area contributed by atoms with Gasteiger partial charge in [0.05, 0.1) is 6.61 Å². The first-order chi connectivity index (χ1) is 8.63. The number of amides is 1. The number of benzene rings is 1. The lowest BCUT2D eigenvalue weighted by atomic mass is 10.2. The van der Waals surface area contributed by atoms with Gasteiger partial charge in [-0.05, 0) is 24.6 Å². The molecule has 1 aromatic rings. The van der Waals surface area contributed by atoms with E-state index in [2.05, 4.69) is 10.6 Å². The number of nitrogens with one attached hydrogen (secondary N) is 2. The lowest BCUT2D eigenvalue weighted by Crippen LogP contribution is -2.24. The summed E-state index contributed by atoms with van der Waals surface area (Å²) in [4.78, 5) is 11.7. The normalized spacial score (nSPS) is 10.4. The SMILES string of the molecule is COCCNCCC(=O)Nc1cc(Cl)ccc1C. The van der Waals surface area contributed by atoms with Crippen molar-refractivity contribution in [2.24, 2.45) is 0 Å². The minimum atomic E-state index is -0.0229. The Morgan fingerprint density at radius 1 is 1.39 bits per heavy atom. The van der Waals surface area contributed by atoms with E-state index in [0.717, 1.165) is 17.8 Å². The van der Waals surface area contributed by atoms with Gasteiger partial charge in [0.25, 0.3) is 0 Å². The Hall–Kier alpha value is -1.10. The Balaban J connectivity index is 2.33. The van der Waals surface area contributed by atoms with Crippen molar-refractivity contribution in [1.82, 2.24) is 5.32 Å². The maximum absolute atomic E-state index is 11.7. The maximum atomic E-state index is 11.7. The monoisotopic (exact) mass is 270 g/mol. The largest absolute Gasteiger partial charge is 0.383 e. The van der Waals surface area contributed by atoms with Crippen LogP contribution in [0.5, 0.6) is 0 Å². The molecule has 0 aliphatic rings. The lowest BCUT2D eigenvalue weighted by molar-refractivity contribution is -0.116. The van der Waals surface area contributed by atoms with Crippen LogP contribution in [-0.4, -0.2) is 32.7 Å². The summed E-state index contributed by atoms with van der Waals surface area (Å²) in [6.45, 7) is 3.96. The molecule has 0 fully saturated rings. The number of methoxy groups -OCH3 is 1. The number of rotatable bonds is 7. The molecular formula is C13H19ClN2O2. The van der Waals surface area contributed by atoms with Crippen molar-refractivity contribution in [3.63, 3.8) is 0 Å². The fraction of sp³-hybridized carbons (Fsp3) is 0.462. The van der Waals surface area contributed by atoms with E-state index in [0.29, 0.717) is 24.6 Å². The first-order valence-electron chi connectivity index (χ1n) is 5.89. The van der Waals surface area contributed by atoms with Gasteiger partial charge in [0.15, 0.2) is 0 Å². The topological polar surface area (TPSA) is 50.4 Å². The zero-order valence-electron chi connectivity index (χ0n) is 10.8. The molecule has 18 heavy (non-hydrogen) atoms. The second-order valence-electron chi connectivity index (χ2n) is 4.00. The molecule has 2 N–H and O–H groups in total. The first-order valence-corrected chi connectivity index (χ1v) is 6.27. The molecular weight excluding hydrogens is 252 g/mol. The van der Waals surface area contributed by atoms with Crippen LogP contribution in [0, 0.1) is 6.92 Å². The number of ether oxygens (including phenoxy) is 1. The van der Waals surface area contributed by atoms with Crippen LogP contribution in [-0.2, 0) is 9.53 Å². The first kappa shape index (κ1) is 15.0. The second-order valence-corrected chi connectivity index (χ2v) is 4.44. The van der Waals surface area contributed by atoms with Gasteiger partial charge in [-0.2, -0.15) is 0 Å². The molecule has 0 unspecified atom stereocenters. The Kier molecular flexibility index (Phi) is 6.72. The van der Waals surface area contributed by atoms with Gasteiger partial charge in [0.2, 0.25) is 5.91 Å². The predicted molar refractivity (Wildman–Crippen MR) is 74.2 cm³/mol. The van der Waals surface area contributed by atoms with Crippen molar-refractivity contribution in [1.29, 1.82) is 0 Å². The van der Waals surface area contributed by atoms with Gasteiger partial charge >= 0.3 is 0 Å². The van der Waals surface area contributed by atoms with E-state index < -0.39 is 0 Å². The van der Waals surface area contributed by atoms with E-state index in [1.807, 2.05) is 13.0 Å². The molecule has 0 radical (unpaired) electrons. The maximum Gasteiger partial charge on any atom is 0.225 e. The predicted octanol–water partition coefficient (Wildman–Crippen LogP) is 2.21. The Bertz CT molecular complexity index is 397. The summed E-state index contributed by atoms with van der Waals surface area (Å²) in [5.41, 5.74) is 1.77. The van der Waals surface area contributed by atoms with Crippen LogP contribution < -0.4 is 10.6 Å². The lowest BCUT2D eigenvalue weighted by Gasteiger charge is -2.09. The Morgan fingerprint density at radius 3 is 2.89 bits per heavy atom. The molecule has 0 saturated carbocycles. The highest BCUT2D eigenvalue weighted by atomic mass is 35.5. The third-order valence-corrected chi connectivity index (χ3v) is 2.72. The van der Waals surface area contributed by atoms with Gasteiger partial charge < -0.3 is 15.4 Å². The van der Waals surface area contributed by atoms with Crippen LogP contribution in [0.4, 0.5) is 5.69 Å². The Labute approximate surface area is 113 Å². The number of hydrogen-bond acceptors (Lipinski definition) is 3. The van der Waals surface area contributed by atoms with Crippen molar-refractivity contribution in [3.8, 4) is 0 Å². The molecule has 0 aliphatic carbocycles. The molecule has 0 spiro atoms. The third-order valence-electron chi connectivity index (χ3n) is 2.49. The molecule has 1 rings (SSSR count). The number of aryl methyl sites for hydroxylation is 1. The highest BCUT2D eigenvalue weighted by molar-refractivity contribution is 6.31. The highest BCUT2D eigenvalue weighted by Crippen LogP contribution is 2.20. The van der Waals surface area contributed by atoms with E-state index in [9.17, 15) is 4.79 Å². The van der Waals surface area contributed by atoms with E-state index >= 15 is 0 Å². The molecule has 100 valence electrons. The van der Waals surface area contributed by atoms with Crippen LogP contribution >= 0.6 is 11.6 Å². The van der Waals surface area contributed by atoms with Crippen LogP contribution in [0.15, 0.2) is 18.2 Å².